The molecule has 5 nitrogen and oxygen atoms in total. The maximum absolute atomic E-state index is 13.6. The first kappa shape index (κ1) is 12.5. The lowest BCUT2D eigenvalue weighted by Gasteiger charge is -2.18. The number of amides is 3. The quantitative estimate of drug-likeness (QED) is 0.862. The van der Waals surface area contributed by atoms with Crippen molar-refractivity contribution in [3.05, 3.63) is 30.1 Å². The summed E-state index contributed by atoms with van der Waals surface area (Å²) in [6.45, 7) is 0.228. The maximum Gasteiger partial charge on any atom is 0.328 e. The van der Waals surface area contributed by atoms with Crippen LogP contribution in [0.15, 0.2) is 24.3 Å². The van der Waals surface area contributed by atoms with Crippen molar-refractivity contribution in [3.63, 3.8) is 0 Å². The van der Waals surface area contributed by atoms with Gasteiger partial charge in [-0.05, 0) is 12.1 Å². The first-order valence-electron chi connectivity index (χ1n) is 5.51. The van der Waals surface area contributed by atoms with Gasteiger partial charge in [0.2, 0.25) is 5.91 Å². The minimum Gasteiger partial charge on any atom is -0.379 e. The number of halogens is 1. The summed E-state index contributed by atoms with van der Waals surface area (Å²) < 4.78 is 18.7. The Morgan fingerprint density at radius 1 is 1.39 bits per heavy atom. The Labute approximate surface area is 104 Å². The third-order valence-corrected chi connectivity index (χ3v) is 2.76. The lowest BCUT2D eigenvalue weighted by atomic mass is 10.2. The number of carbonyl (C=O) groups excluding carboxylic acids is 2. The highest BCUT2D eigenvalue weighted by atomic mass is 19.1. The van der Waals surface area contributed by atoms with Crippen LogP contribution < -0.4 is 10.2 Å². The summed E-state index contributed by atoms with van der Waals surface area (Å²) >= 11 is 0. The number of nitrogens with zero attached hydrogens (tertiary/aromatic N) is 1. The zero-order valence-electron chi connectivity index (χ0n) is 9.85. The fourth-order valence-corrected chi connectivity index (χ4v) is 1.80. The molecular formula is C12H13FN2O3. The number of hydrogen-bond donors (Lipinski definition) is 1. The zero-order chi connectivity index (χ0) is 13.1. The number of imide groups is 1. The molecule has 1 aliphatic heterocycles. The molecule has 1 aromatic carbocycles. The minimum atomic E-state index is -0.635. The fourth-order valence-electron chi connectivity index (χ4n) is 1.80. The van der Waals surface area contributed by atoms with Crippen LogP contribution in [0.25, 0.3) is 0 Å². The van der Waals surface area contributed by atoms with Gasteiger partial charge < -0.3 is 10.1 Å². The van der Waals surface area contributed by atoms with Crippen LogP contribution in [0.4, 0.5) is 14.9 Å². The molecule has 1 aliphatic rings. The maximum atomic E-state index is 13.6. The first-order valence-corrected chi connectivity index (χ1v) is 5.51. The van der Waals surface area contributed by atoms with Gasteiger partial charge in [0.25, 0.3) is 0 Å². The standard InChI is InChI=1S/C12H13FN2O3/c1-18-8-6-11(16)15(12(17)14-7-8)10-5-3-2-4-9(10)13/h2-5,8H,6-7H2,1H3,(H,14,17). The van der Waals surface area contributed by atoms with Crippen LogP contribution >= 0.6 is 0 Å². The van der Waals surface area contributed by atoms with Crippen LogP contribution in [0.2, 0.25) is 0 Å². The van der Waals surface area contributed by atoms with Gasteiger partial charge in [-0.1, -0.05) is 12.1 Å². The van der Waals surface area contributed by atoms with Gasteiger partial charge in [-0.15, -0.1) is 0 Å². The van der Waals surface area contributed by atoms with Gasteiger partial charge >= 0.3 is 6.03 Å². The molecule has 1 fully saturated rings. The number of hydrogen-bond acceptors (Lipinski definition) is 3. The number of benzene rings is 1. The molecule has 0 spiro atoms. The Kier molecular flexibility index (Phi) is 3.57. The molecule has 3 amide bonds. The van der Waals surface area contributed by atoms with Crippen LogP contribution in [0.1, 0.15) is 6.42 Å². The molecule has 1 aromatic rings. The van der Waals surface area contributed by atoms with E-state index in [-0.39, 0.29) is 18.7 Å². The molecule has 1 atom stereocenters. The van der Waals surface area contributed by atoms with Crippen molar-refractivity contribution in [2.24, 2.45) is 0 Å². The normalized spacial score (nSPS) is 20.6. The molecule has 1 saturated heterocycles. The van der Waals surface area contributed by atoms with Crippen molar-refractivity contribution in [3.8, 4) is 0 Å². The molecule has 0 aliphatic carbocycles. The number of methoxy groups -OCH3 is 1. The molecule has 6 heteroatoms. The van der Waals surface area contributed by atoms with E-state index in [2.05, 4.69) is 5.32 Å². The second-order valence-corrected chi connectivity index (χ2v) is 3.93. The predicted octanol–water partition coefficient (Wildman–Crippen LogP) is 1.29. The van der Waals surface area contributed by atoms with Crippen LogP contribution in [-0.2, 0) is 9.53 Å². The van der Waals surface area contributed by atoms with Crippen LogP contribution in [-0.4, -0.2) is 31.7 Å². The van der Waals surface area contributed by atoms with Gasteiger partial charge in [0.15, 0.2) is 0 Å². The molecule has 1 heterocycles. The summed E-state index contributed by atoms with van der Waals surface area (Å²) in [6, 6.07) is 5.02. The molecule has 0 saturated carbocycles. The molecule has 0 aromatic heterocycles. The largest absolute Gasteiger partial charge is 0.379 e. The van der Waals surface area contributed by atoms with Crippen LogP contribution in [0.3, 0.4) is 0 Å². The summed E-state index contributed by atoms with van der Waals surface area (Å²) in [5, 5.41) is 2.53. The smallest absolute Gasteiger partial charge is 0.328 e. The first-order chi connectivity index (χ1) is 8.63. The van der Waals surface area contributed by atoms with Crippen molar-refractivity contribution >= 4 is 17.6 Å². The Bertz CT molecular complexity index is 478. The second kappa shape index (κ2) is 5.14. The van der Waals surface area contributed by atoms with E-state index in [0.29, 0.717) is 0 Å². The van der Waals surface area contributed by atoms with Gasteiger partial charge in [0, 0.05) is 13.7 Å². The number of rotatable bonds is 2. The molecule has 1 unspecified atom stereocenters. The van der Waals surface area contributed by atoms with Crippen molar-refractivity contribution in [1.29, 1.82) is 0 Å². The lowest BCUT2D eigenvalue weighted by molar-refractivity contribution is -0.119. The fraction of sp³-hybridized carbons (Fsp3) is 0.333. The summed E-state index contributed by atoms with van der Waals surface area (Å²) in [7, 11) is 1.46. The molecule has 1 N–H and O–H groups in total. The molecule has 0 bridgehead atoms. The van der Waals surface area contributed by atoms with E-state index in [1.54, 1.807) is 6.07 Å². The van der Waals surface area contributed by atoms with Gasteiger partial charge in [0.05, 0.1) is 18.2 Å². The number of nitrogens with one attached hydrogen (secondary N) is 1. The number of anilines is 1. The lowest BCUT2D eigenvalue weighted by Crippen LogP contribution is -2.42. The van der Waals surface area contributed by atoms with E-state index in [9.17, 15) is 14.0 Å². The van der Waals surface area contributed by atoms with Crippen molar-refractivity contribution in [2.75, 3.05) is 18.6 Å². The van der Waals surface area contributed by atoms with E-state index in [1.807, 2.05) is 0 Å². The Hall–Kier alpha value is -1.95. The third-order valence-electron chi connectivity index (χ3n) is 2.76. The van der Waals surface area contributed by atoms with Gasteiger partial charge in [0.1, 0.15) is 5.82 Å². The van der Waals surface area contributed by atoms with E-state index in [4.69, 9.17) is 4.74 Å². The van der Waals surface area contributed by atoms with Crippen molar-refractivity contribution in [1.82, 2.24) is 5.32 Å². The summed E-state index contributed by atoms with van der Waals surface area (Å²) in [5.41, 5.74) is -0.0447. The Morgan fingerprint density at radius 2 is 2.11 bits per heavy atom. The number of carbonyl (C=O) groups is 2. The molecule has 2 rings (SSSR count). The SMILES string of the molecule is COC1CNC(=O)N(c2ccccc2F)C(=O)C1. The molecule has 0 radical (unpaired) electrons. The molecule has 18 heavy (non-hydrogen) atoms. The second-order valence-electron chi connectivity index (χ2n) is 3.93. The highest BCUT2D eigenvalue weighted by Crippen LogP contribution is 2.21. The molecule has 96 valence electrons. The topological polar surface area (TPSA) is 58.6 Å². The highest BCUT2D eigenvalue weighted by Gasteiger charge is 2.31. The van der Waals surface area contributed by atoms with E-state index in [0.717, 1.165) is 4.90 Å². The Balaban J connectivity index is 2.34. The predicted molar refractivity (Wildman–Crippen MR) is 62.7 cm³/mol. The molecular weight excluding hydrogens is 239 g/mol. The average Bonchev–Trinajstić information content (AvgIpc) is 2.50. The summed E-state index contributed by atoms with van der Waals surface area (Å²) in [4.78, 5) is 24.6. The van der Waals surface area contributed by atoms with Gasteiger partial charge in [-0.2, -0.15) is 0 Å². The van der Waals surface area contributed by atoms with E-state index in [1.165, 1.54) is 25.3 Å². The van der Waals surface area contributed by atoms with Gasteiger partial charge in [-0.25, -0.2) is 14.1 Å². The van der Waals surface area contributed by atoms with Crippen LogP contribution in [0, 0.1) is 5.82 Å². The third kappa shape index (κ3) is 2.33. The monoisotopic (exact) mass is 252 g/mol. The number of para-hydroxylation sites is 1. The Morgan fingerprint density at radius 3 is 2.78 bits per heavy atom. The zero-order valence-corrected chi connectivity index (χ0v) is 9.85. The number of ether oxygens (including phenoxy) is 1. The average molecular weight is 252 g/mol. The highest BCUT2D eigenvalue weighted by molar-refractivity contribution is 6.14. The summed E-state index contributed by atoms with van der Waals surface area (Å²) in [6.07, 6.45) is -0.359. The van der Waals surface area contributed by atoms with E-state index < -0.39 is 23.9 Å². The van der Waals surface area contributed by atoms with Gasteiger partial charge in [-0.3, -0.25) is 4.79 Å². The minimum absolute atomic E-state index is 0.0313. The van der Waals surface area contributed by atoms with E-state index >= 15 is 0 Å². The number of urea groups is 1. The van der Waals surface area contributed by atoms with Crippen LogP contribution in [0.5, 0.6) is 0 Å². The summed E-state index contributed by atoms with van der Waals surface area (Å²) in [5.74, 6) is -1.10. The van der Waals surface area contributed by atoms with Crippen molar-refractivity contribution in [2.45, 2.75) is 12.5 Å². The van der Waals surface area contributed by atoms with Crippen molar-refractivity contribution < 1.29 is 18.7 Å².